The molecular formula is C11H12ClN3O. The molecule has 3 rings (SSSR count). The fraction of sp³-hybridized carbons (Fsp3) is 0.182. The summed E-state index contributed by atoms with van der Waals surface area (Å²) in [5.41, 5.74) is 7.54. The zero-order chi connectivity index (χ0) is 10.3. The van der Waals surface area contributed by atoms with Crippen LogP contribution in [-0.4, -0.2) is 16.3 Å². The molecule has 3 aromatic rings. The zero-order valence-corrected chi connectivity index (χ0v) is 9.41. The SMILES string of the molecule is Cl.NCCn1ncc2ccc3occc3c21. The van der Waals surface area contributed by atoms with Gasteiger partial charge < -0.3 is 10.2 Å². The van der Waals surface area contributed by atoms with E-state index in [2.05, 4.69) is 5.10 Å². The van der Waals surface area contributed by atoms with Crippen LogP contribution in [0.2, 0.25) is 0 Å². The lowest BCUT2D eigenvalue weighted by atomic mass is 10.2. The predicted octanol–water partition coefficient (Wildman–Crippen LogP) is 2.16. The number of nitrogens with zero attached hydrogens (tertiary/aromatic N) is 2. The third-order valence-corrected chi connectivity index (χ3v) is 2.57. The van der Waals surface area contributed by atoms with E-state index in [1.165, 1.54) is 0 Å². The van der Waals surface area contributed by atoms with Crippen LogP contribution in [0.1, 0.15) is 0 Å². The monoisotopic (exact) mass is 237 g/mol. The van der Waals surface area contributed by atoms with Crippen LogP contribution in [0, 0.1) is 0 Å². The molecule has 0 aliphatic heterocycles. The minimum absolute atomic E-state index is 0. The molecule has 0 unspecified atom stereocenters. The summed E-state index contributed by atoms with van der Waals surface area (Å²) in [6.45, 7) is 1.32. The first kappa shape index (κ1) is 11.0. The van der Waals surface area contributed by atoms with Crippen LogP contribution in [0.3, 0.4) is 0 Å². The molecule has 0 spiro atoms. The molecule has 5 heteroatoms. The maximum Gasteiger partial charge on any atom is 0.136 e. The van der Waals surface area contributed by atoms with Crippen molar-refractivity contribution >= 4 is 34.3 Å². The van der Waals surface area contributed by atoms with Gasteiger partial charge in [0, 0.05) is 17.3 Å². The molecule has 4 nitrogen and oxygen atoms in total. The normalized spacial score (nSPS) is 10.8. The van der Waals surface area contributed by atoms with Gasteiger partial charge in [-0.1, -0.05) is 0 Å². The molecule has 16 heavy (non-hydrogen) atoms. The number of fused-ring (bicyclic) bond motifs is 3. The number of halogens is 1. The molecule has 2 aromatic heterocycles. The molecule has 2 heterocycles. The summed E-state index contributed by atoms with van der Waals surface area (Å²) >= 11 is 0. The van der Waals surface area contributed by atoms with E-state index in [0.29, 0.717) is 6.54 Å². The number of furan rings is 1. The van der Waals surface area contributed by atoms with Crippen LogP contribution in [0.25, 0.3) is 21.9 Å². The minimum atomic E-state index is 0. The van der Waals surface area contributed by atoms with Crippen molar-refractivity contribution < 1.29 is 4.42 Å². The summed E-state index contributed by atoms with van der Waals surface area (Å²) in [6.07, 6.45) is 3.56. The van der Waals surface area contributed by atoms with E-state index in [1.54, 1.807) is 6.26 Å². The Bertz CT molecular complexity index is 614. The van der Waals surface area contributed by atoms with E-state index in [0.717, 1.165) is 28.4 Å². The third-order valence-electron chi connectivity index (χ3n) is 2.57. The third kappa shape index (κ3) is 1.47. The first-order valence-electron chi connectivity index (χ1n) is 4.92. The van der Waals surface area contributed by atoms with E-state index >= 15 is 0 Å². The smallest absolute Gasteiger partial charge is 0.136 e. The molecule has 0 bridgehead atoms. The standard InChI is InChI=1S/C11H11N3O.ClH/c12-4-5-14-11-8(7-13-14)1-2-10-9(11)3-6-15-10;/h1-3,6-7H,4-5,12H2;1H. The number of nitrogens with two attached hydrogens (primary N) is 1. The van der Waals surface area contributed by atoms with Gasteiger partial charge >= 0.3 is 0 Å². The highest BCUT2D eigenvalue weighted by Crippen LogP contribution is 2.25. The van der Waals surface area contributed by atoms with Crippen molar-refractivity contribution in [3.63, 3.8) is 0 Å². The molecule has 0 amide bonds. The van der Waals surface area contributed by atoms with Crippen molar-refractivity contribution in [1.29, 1.82) is 0 Å². The van der Waals surface area contributed by atoms with Crippen LogP contribution >= 0.6 is 12.4 Å². The highest BCUT2D eigenvalue weighted by atomic mass is 35.5. The zero-order valence-electron chi connectivity index (χ0n) is 8.59. The van der Waals surface area contributed by atoms with Crippen LogP contribution in [0.15, 0.2) is 35.1 Å². The van der Waals surface area contributed by atoms with Gasteiger partial charge in [0.25, 0.3) is 0 Å². The summed E-state index contributed by atoms with van der Waals surface area (Å²) in [5.74, 6) is 0. The van der Waals surface area contributed by atoms with Gasteiger partial charge in [0.1, 0.15) is 5.58 Å². The van der Waals surface area contributed by atoms with E-state index in [-0.39, 0.29) is 12.4 Å². The summed E-state index contributed by atoms with van der Waals surface area (Å²) in [4.78, 5) is 0. The van der Waals surface area contributed by atoms with Crippen molar-refractivity contribution in [3.8, 4) is 0 Å². The van der Waals surface area contributed by atoms with Crippen molar-refractivity contribution in [3.05, 3.63) is 30.7 Å². The first-order chi connectivity index (χ1) is 7.40. The summed E-state index contributed by atoms with van der Waals surface area (Å²) in [5, 5.41) is 6.53. The lowest BCUT2D eigenvalue weighted by molar-refractivity contribution is 0.615. The van der Waals surface area contributed by atoms with Gasteiger partial charge in [0.15, 0.2) is 0 Å². The molecule has 0 saturated heterocycles. The van der Waals surface area contributed by atoms with Gasteiger partial charge in [-0.05, 0) is 18.2 Å². The summed E-state index contributed by atoms with van der Waals surface area (Å²) in [6, 6.07) is 5.94. The van der Waals surface area contributed by atoms with Crippen molar-refractivity contribution in [2.45, 2.75) is 6.54 Å². The maximum atomic E-state index is 5.55. The predicted molar refractivity (Wildman–Crippen MR) is 65.8 cm³/mol. The Morgan fingerprint density at radius 2 is 2.19 bits per heavy atom. The second kappa shape index (κ2) is 4.15. The van der Waals surface area contributed by atoms with Crippen LogP contribution < -0.4 is 5.73 Å². The molecule has 0 atom stereocenters. The summed E-state index contributed by atoms with van der Waals surface area (Å²) in [7, 11) is 0. The fourth-order valence-corrected chi connectivity index (χ4v) is 1.92. The van der Waals surface area contributed by atoms with E-state index in [9.17, 15) is 0 Å². The van der Waals surface area contributed by atoms with Gasteiger partial charge in [-0.25, -0.2) is 0 Å². The van der Waals surface area contributed by atoms with E-state index in [1.807, 2.05) is 29.1 Å². The van der Waals surface area contributed by atoms with Crippen LogP contribution in [-0.2, 0) is 6.54 Å². The number of benzene rings is 1. The van der Waals surface area contributed by atoms with E-state index in [4.69, 9.17) is 10.2 Å². The number of rotatable bonds is 2. The molecule has 2 N–H and O–H groups in total. The van der Waals surface area contributed by atoms with Gasteiger partial charge in [0.05, 0.1) is 24.5 Å². The Balaban J connectivity index is 0.000000963. The lowest BCUT2D eigenvalue weighted by Gasteiger charge is -2.01. The molecule has 0 aliphatic rings. The van der Waals surface area contributed by atoms with Crippen molar-refractivity contribution in [2.24, 2.45) is 5.73 Å². The molecule has 0 aliphatic carbocycles. The second-order valence-corrected chi connectivity index (χ2v) is 3.49. The Hall–Kier alpha value is -1.52. The Morgan fingerprint density at radius 1 is 1.31 bits per heavy atom. The average molecular weight is 238 g/mol. The van der Waals surface area contributed by atoms with Gasteiger partial charge in [-0.15, -0.1) is 12.4 Å². The second-order valence-electron chi connectivity index (χ2n) is 3.49. The van der Waals surface area contributed by atoms with Gasteiger partial charge in [0.2, 0.25) is 0 Å². The number of aromatic nitrogens is 2. The minimum Gasteiger partial charge on any atom is -0.464 e. The molecule has 84 valence electrons. The van der Waals surface area contributed by atoms with Crippen molar-refractivity contribution in [2.75, 3.05) is 6.54 Å². The fourth-order valence-electron chi connectivity index (χ4n) is 1.92. The topological polar surface area (TPSA) is 57.0 Å². The highest BCUT2D eigenvalue weighted by molar-refractivity contribution is 6.03. The number of hydrogen-bond donors (Lipinski definition) is 1. The average Bonchev–Trinajstić information content (AvgIpc) is 2.83. The van der Waals surface area contributed by atoms with E-state index < -0.39 is 0 Å². The quantitative estimate of drug-likeness (QED) is 0.743. The lowest BCUT2D eigenvalue weighted by Crippen LogP contribution is -2.10. The Morgan fingerprint density at radius 3 is 3.00 bits per heavy atom. The highest BCUT2D eigenvalue weighted by Gasteiger charge is 2.07. The van der Waals surface area contributed by atoms with Gasteiger partial charge in [-0.3, -0.25) is 4.68 Å². The maximum absolute atomic E-state index is 5.55. The molecule has 0 saturated carbocycles. The Labute approximate surface area is 98.4 Å². The molecule has 0 radical (unpaired) electrons. The van der Waals surface area contributed by atoms with Crippen LogP contribution in [0.4, 0.5) is 0 Å². The number of hydrogen-bond acceptors (Lipinski definition) is 3. The molecule has 1 aromatic carbocycles. The largest absolute Gasteiger partial charge is 0.464 e. The summed E-state index contributed by atoms with van der Waals surface area (Å²) < 4.78 is 7.28. The van der Waals surface area contributed by atoms with Crippen molar-refractivity contribution in [1.82, 2.24) is 9.78 Å². The van der Waals surface area contributed by atoms with Gasteiger partial charge in [-0.2, -0.15) is 5.10 Å². The van der Waals surface area contributed by atoms with Crippen LogP contribution in [0.5, 0.6) is 0 Å². The first-order valence-corrected chi connectivity index (χ1v) is 4.92. The Kier molecular flexibility index (Phi) is 2.85. The molecular weight excluding hydrogens is 226 g/mol. The molecule has 0 fully saturated rings.